The summed E-state index contributed by atoms with van der Waals surface area (Å²) in [7, 11) is 3.72. The van der Waals surface area contributed by atoms with Crippen LogP contribution in [0.1, 0.15) is 50.3 Å². The molecule has 2 aromatic carbocycles. The number of nitrogen functional groups attached to an aromatic ring is 1. The molecule has 170 valence electrons. The van der Waals surface area contributed by atoms with Gasteiger partial charge in [-0.05, 0) is 68.1 Å². The minimum Gasteiger partial charge on any atom is -0.399 e. The van der Waals surface area contributed by atoms with E-state index in [1.807, 2.05) is 52.2 Å². The van der Waals surface area contributed by atoms with Crippen LogP contribution in [0.4, 0.5) is 5.69 Å². The van der Waals surface area contributed by atoms with Gasteiger partial charge in [-0.2, -0.15) is 5.10 Å². The lowest BCUT2D eigenvalue weighted by Gasteiger charge is -2.21. The molecule has 3 aromatic rings. The van der Waals surface area contributed by atoms with Crippen molar-refractivity contribution in [2.75, 3.05) is 19.8 Å². The predicted molar refractivity (Wildman–Crippen MR) is 138 cm³/mol. The Morgan fingerprint density at radius 2 is 1.62 bits per heavy atom. The van der Waals surface area contributed by atoms with Gasteiger partial charge < -0.3 is 21.9 Å². The molecule has 0 aliphatic heterocycles. The van der Waals surface area contributed by atoms with Crippen LogP contribution >= 0.6 is 0 Å². The van der Waals surface area contributed by atoms with Crippen molar-refractivity contribution in [2.45, 2.75) is 46.5 Å². The molecule has 1 aliphatic carbocycles. The third-order valence-electron chi connectivity index (χ3n) is 5.09. The highest BCUT2D eigenvalue weighted by atomic mass is 15.4. The van der Waals surface area contributed by atoms with E-state index in [1.165, 1.54) is 35.6 Å². The number of nitrogens with one attached hydrogen (secondary N) is 1. The lowest BCUT2D eigenvalue weighted by molar-refractivity contribution is 0.437. The number of pyridine rings is 1. The molecule has 1 aliphatic rings. The fourth-order valence-corrected chi connectivity index (χ4v) is 3.86. The molecule has 0 saturated heterocycles. The number of rotatable bonds is 3. The van der Waals surface area contributed by atoms with E-state index in [9.17, 15) is 0 Å². The predicted octanol–water partition coefficient (Wildman–Crippen LogP) is 5.23. The van der Waals surface area contributed by atoms with E-state index in [-0.39, 0.29) is 0 Å². The van der Waals surface area contributed by atoms with Gasteiger partial charge in [0.15, 0.2) is 5.84 Å². The van der Waals surface area contributed by atoms with Crippen LogP contribution in [0.15, 0.2) is 47.6 Å². The second-order valence-electron chi connectivity index (χ2n) is 7.60. The van der Waals surface area contributed by atoms with Gasteiger partial charge >= 0.3 is 0 Å². The van der Waals surface area contributed by atoms with Crippen LogP contribution in [0.25, 0.3) is 22.2 Å². The Balaban J connectivity index is 0.000000671. The Kier molecular flexibility index (Phi) is 9.20. The average molecular weight is 433 g/mol. The lowest BCUT2D eigenvalue weighted by atomic mass is 9.86. The van der Waals surface area contributed by atoms with Gasteiger partial charge in [0, 0.05) is 36.3 Å². The van der Waals surface area contributed by atoms with Gasteiger partial charge in [-0.3, -0.25) is 0 Å². The first-order valence-electron chi connectivity index (χ1n) is 11.2. The van der Waals surface area contributed by atoms with Crippen molar-refractivity contribution in [2.24, 2.45) is 10.8 Å². The van der Waals surface area contributed by atoms with Gasteiger partial charge in [-0.25, -0.2) is 4.98 Å². The van der Waals surface area contributed by atoms with Gasteiger partial charge in [-0.1, -0.05) is 38.1 Å². The summed E-state index contributed by atoms with van der Waals surface area (Å²) in [5.74, 6) is 0.510. The maximum Gasteiger partial charge on any atom is 0.150 e. The van der Waals surface area contributed by atoms with Crippen LogP contribution in [0, 0.1) is 5.41 Å². The fourth-order valence-electron chi connectivity index (χ4n) is 3.86. The van der Waals surface area contributed by atoms with Crippen molar-refractivity contribution < 1.29 is 0 Å². The third kappa shape index (κ3) is 5.84. The number of aryl methyl sites for hydroxylation is 1. The number of amidine groups is 1. The number of hydrogen-bond donors (Lipinski definition) is 3. The molecule has 32 heavy (non-hydrogen) atoms. The second kappa shape index (κ2) is 11.8. The summed E-state index contributed by atoms with van der Waals surface area (Å²) in [6.45, 7) is 5.67. The summed E-state index contributed by atoms with van der Waals surface area (Å²) < 4.78 is 0. The van der Waals surface area contributed by atoms with E-state index in [0.29, 0.717) is 5.84 Å². The zero-order valence-electron chi connectivity index (χ0n) is 19.9. The fraction of sp³-hybridized carbons (Fsp3) is 0.346. The van der Waals surface area contributed by atoms with E-state index in [2.05, 4.69) is 23.3 Å². The molecule has 0 unspecified atom stereocenters. The van der Waals surface area contributed by atoms with Crippen LogP contribution in [0.3, 0.4) is 0 Å². The van der Waals surface area contributed by atoms with E-state index in [4.69, 9.17) is 21.9 Å². The normalized spacial score (nSPS) is 12.6. The highest BCUT2D eigenvalue weighted by Gasteiger charge is 2.19. The Morgan fingerprint density at radius 1 is 1.03 bits per heavy atom. The maximum atomic E-state index is 6.08. The SMILES string of the molecule is CC.CC=N.CN(C)/N=C(\N)c1ccc(-c2nc3ccc(N)cc3c3c2CCCC3)cc1. The van der Waals surface area contributed by atoms with Crippen LogP contribution in [-0.2, 0) is 12.8 Å². The largest absolute Gasteiger partial charge is 0.399 e. The second-order valence-corrected chi connectivity index (χ2v) is 7.60. The molecule has 0 atom stereocenters. The molecule has 0 amide bonds. The zero-order valence-corrected chi connectivity index (χ0v) is 19.9. The number of nitrogens with two attached hydrogens (primary N) is 2. The summed E-state index contributed by atoms with van der Waals surface area (Å²) in [6.07, 6.45) is 5.83. The van der Waals surface area contributed by atoms with Crippen LogP contribution in [0.5, 0.6) is 0 Å². The number of aromatic nitrogens is 1. The van der Waals surface area contributed by atoms with Crippen molar-refractivity contribution in [1.82, 2.24) is 9.99 Å². The van der Waals surface area contributed by atoms with Gasteiger partial charge in [-0.15, -0.1) is 0 Å². The molecule has 0 spiro atoms. The van der Waals surface area contributed by atoms with Crippen molar-refractivity contribution in [3.05, 3.63) is 59.2 Å². The molecule has 0 saturated carbocycles. The first-order chi connectivity index (χ1) is 15.4. The maximum absolute atomic E-state index is 6.08. The molecular weight excluding hydrogens is 396 g/mol. The lowest BCUT2D eigenvalue weighted by Crippen LogP contribution is -2.18. The molecule has 6 nitrogen and oxygen atoms in total. The molecule has 0 radical (unpaired) electrons. The minimum atomic E-state index is 0.510. The van der Waals surface area contributed by atoms with Crippen LogP contribution in [0.2, 0.25) is 0 Å². The van der Waals surface area contributed by atoms with E-state index in [1.54, 1.807) is 11.9 Å². The number of anilines is 1. The quantitative estimate of drug-likeness (QED) is 0.228. The van der Waals surface area contributed by atoms with E-state index < -0.39 is 0 Å². The molecule has 1 heterocycles. The van der Waals surface area contributed by atoms with Gasteiger partial charge in [0.25, 0.3) is 0 Å². The summed E-state index contributed by atoms with van der Waals surface area (Å²) in [5.41, 5.74) is 19.8. The topological polar surface area (TPSA) is 104 Å². The molecule has 4 rings (SSSR count). The number of hydrazone groups is 1. The molecule has 1 aromatic heterocycles. The summed E-state index contributed by atoms with van der Waals surface area (Å²) >= 11 is 0. The number of fused-ring (bicyclic) bond motifs is 3. The molecule has 5 N–H and O–H groups in total. The van der Waals surface area contributed by atoms with Crippen molar-refractivity contribution in [3.63, 3.8) is 0 Å². The summed E-state index contributed by atoms with van der Waals surface area (Å²) in [5, 5.41) is 13.3. The van der Waals surface area contributed by atoms with E-state index >= 15 is 0 Å². The van der Waals surface area contributed by atoms with Crippen molar-refractivity contribution in [1.29, 1.82) is 5.41 Å². The molecule has 6 heteroatoms. The average Bonchev–Trinajstić information content (AvgIpc) is 2.80. The number of nitrogens with zero attached hydrogens (tertiary/aromatic N) is 3. The van der Waals surface area contributed by atoms with Crippen LogP contribution < -0.4 is 11.5 Å². The van der Waals surface area contributed by atoms with Crippen LogP contribution in [-0.4, -0.2) is 36.1 Å². The number of benzene rings is 2. The monoisotopic (exact) mass is 432 g/mol. The highest BCUT2D eigenvalue weighted by Crippen LogP contribution is 2.35. The van der Waals surface area contributed by atoms with Gasteiger partial charge in [0.05, 0.1) is 11.2 Å². The van der Waals surface area contributed by atoms with Gasteiger partial charge in [0.1, 0.15) is 0 Å². The van der Waals surface area contributed by atoms with Crippen molar-refractivity contribution >= 4 is 28.6 Å². The first-order valence-corrected chi connectivity index (χ1v) is 11.2. The molecular formula is C26H36N6. The number of hydrogen-bond acceptors (Lipinski definition) is 5. The van der Waals surface area contributed by atoms with Gasteiger partial charge in [0.2, 0.25) is 0 Å². The smallest absolute Gasteiger partial charge is 0.150 e. The summed E-state index contributed by atoms with van der Waals surface area (Å²) in [6, 6.07) is 14.2. The van der Waals surface area contributed by atoms with E-state index in [0.717, 1.165) is 40.9 Å². The zero-order chi connectivity index (χ0) is 23.7. The molecule has 0 bridgehead atoms. The Morgan fingerprint density at radius 3 is 2.22 bits per heavy atom. The summed E-state index contributed by atoms with van der Waals surface area (Å²) in [4.78, 5) is 5.00. The highest BCUT2D eigenvalue weighted by molar-refractivity contribution is 5.98. The Hall–Kier alpha value is -3.41. The molecule has 0 fully saturated rings. The minimum absolute atomic E-state index is 0.510. The third-order valence-corrected chi connectivity index (χ3v) is 5.09. The first kappa shape index (κ1) is 24.9. The standard InChI is InChI=1S/C22H25N5.C2H5N.C2H6/c1-27(2)26-22(24)15-9-7-14(8-10-15)21-18-6-4-3-5-17(18)19-13-16(23)11-12-20(19)25-21;1-2-3;1-2/h7-13H,3-6,23H2,1-2H3,(H2,24,26);2-3H,1H3;1-2H3. The Labute approximate surface area is 191 Å². The van der Waals surface area contributed by atoms with Crippen molar-refractivity contribution in [3.8, 4) is 11.3 Å². The Bertz CT molecular complexity index is 1070.